The summed E-state index contributed by atoms with van der Waals surface area (Å²) in [4.78, 5) is 16.1. The van der Waals surface area contributed by atoms with E-state index in [1.807, 2.05) is 13.0 Å². The second-order valence-electron chi connectivity index (χ2n) is 6.07. The second-order valence-corrected chi connectivity index (χ2v) is 8.33. The van der Waals surface area contributed by atoms with Gasteiger partial charge >= 0.3 is 0 Å². The molecule has 0 aliphatic rings. The fourth-order valence-corrected chi connectivity index (χ4v) is 3.91. The van der Waals surface area contributed by atoms with Crippen molar-refractivity contribution in [3.8, 4) is 5.75 Å². The molecule has 2 aromatic carbocycles. The first kappa shape index (κ1) is 17.9. The highest BCUT2D eigenvalue weighted by molar-refractivity contribution is 7.93. The number of fused-ring (bicyclic) bond motifs is 1. The molecule has 0 aliphatic heterocycles. The summed E-state index contributed by atoms with van der Waals surface area (Å²) in [6, 6.07) is 12.0. The number of nitrogens with zero attached hydrogens (tertiary/aromatic N) is 2. The van der Waals surface area contributed by atoms with Gasteiger partial charge < -0.3 is 10.4 Å². The maximum atomic E-state index is 12.7. The molecule has 1 aromatic heterocycles. The summed E-state index contributed by atoms with van der Waals surface area (Å²) >= 11 is 0. The molecule has 0 fully saturated rings. The molecule has 0 bridgehead atoms. The number of nitrogens with one attached hydrogen (secondary N) is 1. The van der Waals surface area contributed by atoms with E-state index in [4.69, 9.17) is 0 Å². The number of rotatable bonds is 3. The van der Waals surface area contributed by atoms with E-state index in [9.17, 15) is 14.1 Å². The number of phenolic OH excluding ortho intramolecular Hbond substituents is 1. The SMILES string of the molecule is CC(=O)N=S(C)(=O)c1ccc2nccc(Nc3cc(O)ccc3C)c2c1. The zero-order valence-corrected chi connectivity index (χ0v) is 15.5. The van der Waals surface area contributed by atoms with Crippen LogP contribution in [0, 0.1) is 6.92 Å². The Balaban J connectivity index is 2.15. The van der Waals surface area contributed by atoms with Crippen LogP contribution in [0.1, 0.15) is 12.5 Å². The molecule has 0 saturated carbocycles. The summed E-state index contributed by atoms with van der Waals surface area (Å²) < 4.78 is 16.5. The highest BCUT2D eigenvalue weighted by Crippen LogP contribution is 2.30. The molecular weight excluding hydrogens is 350 g/mol. The van der Waals surface area contributed by atoms with Gasteiger partial charge in [-0.05, 0) is 42.8 Å². The predicted molar refractivity (Wildman–Crippen MR) is 103 cm³/mol. The number of carbonyl (C=O) groups is 1. The molecular formula is C19H19N3O3S. The number of phenols is 1. The number of anilines is 2. The molecule has 2 N–H and O–H groups in total. The van der Waals surface area contributed by atoms with Gasteiger partial charge in [-0.2, -0.15) is 4.36 Å². The Hall–Kier alpha value is -2.93. The number of hydrogen-bond acceptors (Lipinski definition) is 5. The van der Waals surface area contributed by atoms with Crippen molar-refractivity contribution in [3.63, 3.8) is 0 Å². The molecule has 0 radical (unpaired) electrons. The lowest BCUT2D eigenvalue weighted by molar-refractivity contribution is -0.115. The summed E-state index contributed by atoms with van der Waals surface area (Å²) in [5, 5.41) is 13.8. The summed E-state index contributed by atoms with van der Waals surface area (Å²) in [5.41, 5.74) is 3.20. The standard InChI is InChI=1S/C19H19N3O3S/c1-12-4-5-14(24)10-19(12)21-18-8-9-20-17-7-6-15(11-16(17)18)26(3,25)22-13(2)23/h4-11,24H,1-3H3,(H,20,21). The molecule has 1 heterocycles. The Bertz CT molecular complexity index is 1130. The Morgan fingerprint density at radius 1 is 1.15 bits per heavy atom. The quantitative estimate of drug-likeness (QED) is 0.728. The molecule has 1 atom stereocenters. The number of aryl methyl sites for hydroxylation is 1. The number of hydrogen-bond donors (Lipinski definition) is 2. The molecule has 0 spiro atoms. The third kappa shape index (κ3) is 3.67. The van der Waals surface area contributed by atoms with E-state index in [1.54, 1.807) is 42.6 Å². The zero-order chi connectivity index (χ0) is 18.9. The molecule has 1 amide bonds. The maximum Gasteiger partial charge on any atom is 0.250 e. The predicted octanol–water partition coefficient (Wildman–Crippen LogP) is 4.00. The van der Waals surface area contributed by atoms with E-state index in [0.29, 0.717) is 4.90 Å². The molecule has 0 aliphatic carbocycles. The van der Waals surface area contributed by atoms with E-state index in [2.05, 4.69) is 14.7 Å². The van der Waals surface area contributed by atoms with Gasteiger partial charge in [-0.1, -0.05) is 6.07 Å². The van der Waals surface area contributed by atoms with Crippen LogP contribution in [0.4, 0.5) is 11.4 Å². The smallest absolute Gasteiger partial charge is 0.250 e. The highest BCUT2D eigenvalue weighted by atomic mass is 32.2. The lowest BCUT2D eigenvalue weighted by Crippen LogP contribution is -2.02. The minimum Gasteiger partial charge on any atom is -0.508 e. The van der Waals surface area contributed by atoms with Crippen LogP contribution in [0.2, 0.25) is 0 Å². The number of benzene rings is 2. The molecule has 134 valence electrons. The van der Waals surface area contributed by atoms with Gasteiger partial charge in [0.25, 0.3) is 5.91 Å². The first-order chi connectivity index (χ1) is 12.3. The van der Waals surface area contributed by atoms with Crippen LogP contribution < -0.4 is 5.32 Å². The van der Waals surface area contributed by atoms with Crippen molar-refractivity contribution in [2.24, 2.45) is 4.36 Å². The van der Waals surface area contributed by atoms with Gasteiger partial charge in [-0.15, -0.1) is 0 Å². The average Bonchev–Trinajstić information content (AvgIpc) is 2.57. The molecule has 1 unspecified atom stereocenters. The summed E-state index contributed by atoms with van der Waals surface area (Å²) in [5.74, 6) is -0.313. The Morgan fingerprint density at radius 3 is 2.65 bits per heavy atom. The van der Waals surface area contributed by atoms with Gasteiger partial charge in [0.15, 0.2) is 0 Å². The molecule has 0 saturated heterocycles. The maximum absolute atomic E-state index is 12.7. The third-order valence-corrected chi connectivity index (χ3v) is 5.68. The van der Waals surface area contributed by atoms with E-state index >= 15 is 0 Å². The first-order valence-electron chi connectivity index (χ1n) is 7.94. The largest absolute Gasteiger partial charge is 0.508 e. The van der Waals surface area contributed by atoms with Crippen molar-refractivity contribution < 1.29 is 14.1 Å². The van der Waals surface area contributed by atoms with Crippen molar-refractivity contribution in [2.45, 2.75) is 18.7 Å². The number of amides is 1. The number of pyridine rings is 1. The van der Waals surface area contributed by atoms with Crippen LogP contribution in [-0.4, -0.2) is 26.5 Å². The van der Waals surface area contributed by atoms with Crippen molar-refractivity contribution in [3.05, 3.63) is 54.2 Å². The first-order valence-corrected chi connectivity index (χ1v) is 9.87. The third-order valence-electron chi connectivity index (χ3n) is 3.94. The summed E-state index contributed by atoms with van der Waals surface area (Å²) in [6.07, 6.45) is 3.12. The molecule has 26 heavy (non-hydrogen) atoms. The van der Waals surface area contributed by atoms with Crippen LogP contribution in [-0.2, 0) is 14.5 Å². The van der Waals surface area contributed by atoms with Gasteiger partial charge in [0.1, 0.15) is 5.75 Å². The highest BCUT2D eigenvalue weighted by Gasteiger charge is 2.11. The average molecular weight is 369 g/mol. The molecule has 7 heteroatoms. The fourth-order valence-electron chi connectivity index (χ4n) is 2.66. The molecule has 3 rings (SSSR count). The fraction of sp³-hybridized carbons (Fsp3) is 0.158. The van der Waals surface area contributed by atoms with E-state index in [1.165, 1.54) is 13.2 Å². The lowest BCUT2D eigenvalue weighted by atomic mass is 10.1. The van der Waals surface area contributed by atoms with Gasteiger partial charge in [-0.3, -0.25) is 9.78 Å². The summed E-state index contributed by atoms with van der Waals surface area (Å²) in [7, 11) is -2.83. The lowest BCUT2D eigenvalue weighted by Gasteiger charge is -2.13. The van der Waals surface area contributed by atoms with Gasteiger partial charge in [0, 0.05) is 47.1 Å². The number of carbonyl (C=O) groups excluding carboxylic acids is 1. The van der Waals surface area contributed by atoms with Gasteiger partial charge in [0.2, 0.25) is 0 Å². The van der Waals surface area contributed by atoms with Crippen LogP contribution >= 0.6 is 0 Å². The Morgan fingerprint density at radius 2 is 1.92 bits per heavy atom. The van der Waals surface area contributed by atoms with Crippen molar-refractivity contribution >= 4 is 37.9 Å². The van der Waals surface area contributed by atoms with E-state index < -0.39 is 15.6 Å². The Kier molecular flexibility index (Phi) is 4.65. The van der Waals surface area contributed by atoms with E-state index in [-0.39, 0.29) is 5.75 Å². The van der Waals surface area contributed by atoms with Crippen LogP contribution in [0.15, 0.2) is 57.9 Å². The zero-order valence-electron chi connectivity index (χ0n) is 14.7. The molecule has 6 nitrogen and oxygen atoms in total. The summed E-state index contributed by atoms with van der Waals surface area (Å²) in [6.45, 7) is 3.21. The van der Waals surface area contributed by atoms with Crippen LogP contribution in [0.25, 0.3) is 10.9 Å². The Labute approximate surface area is 152 Å². The van der Waals surface area contributed by atoms with Crippen LogP contribution in [0.3, 0.4) is 0 Å². The topological polar surface area (TPSA) is 91.7 Å². The van der Waals surface area contributed by atoms with Crippen molar-refractivity contribution in [1.29, 1.82) is 0 Å². The molecule has 3 aromatic rings. The number of aromatic hydroxyl groups is 1. The van der Waals surface area contributed by atoms with E-state index in [0.717, 1.165) is 27.8 Å². The minimum atomic E-state index is -2.83. The second kappa shape index (κ2) is 6.76. The monoisotopic (exact) mass is 369 g/mol. The van der Waals surface area contributed by atoms with Gasteiger partial charge in [-0.25, -0.2) is 4.21 Å². The van der Waals surface area contributed by atoms with Crippen molar-refractivity contribution in [2.75, 3.05) is 11.6 Å². The van der Waals surface area contributed by atoms with Gasteiger partial charge in [0.05, 0.1) is 15.2 Å². The number of aromatic nitrogens is 1. The minimum absolute atomic E-state index is 0.161. The van der Waals surface area contributed by atoms with Crippen molar-refractivity contribution in [1.82, 2.24) is 4.98 Å². The van der Waals surface area contributed by atoms with Crippen LogP contribution in [0.5, 0.6) is 5.75 Å². The normalized spacial score (nSPS) is 13.2.